The first-order valence-corrected chi connectivity index (χ1v) is 6.85. The molecule has 5 nitrogen and oxygen atoms in total. The quantitative estimate of drug-likeness (QED) is 0.819. The fourth-order valence-corrected chi connectivity index (χ4v) is 3.26. The van der Waals surface area contributed by atoms with Gasteiger partial charge in [-0.05, 0) is 32.4 Å². The van der Waals surface area contributed by atoms with Gasteiger partial charge in [-0.15, -0.1) is 0 Å². The van der Waals surface area contributed by atoms with Crippen LogP contribution in [0.25, 0.3) is 0 Å². The second-order valence-electron chi connectivity index (χ2n) is 5.54. The van der Waals surface area contributed by atoms with Gasteiger partial charge in [0.15, 0.2) is 5.82 Å². The number of pyridine rings is 1. The molecule has 2 fully saturated rings. The average Bonchev–Trinajstić information content (AvgIpc) is 2.85. The minimum absolute atomic E-state index is 0.414. The summed E-state index contributed by atoms with van der Waals surface area (Å²) >= 11 is 0. The highest BCUT2D eigenvalue weighted by Crippen LogP contribution is 2.30. The number of hydrogen-bond acceptors (Lipinski definition) is 5. The molecular weight excluding hydrogens is 238 g/mol. The summed E-state index contributed by atoms with van der Waals surface area (Å²) in [6, 6.07) is 4.84. The summed E-state index contributed by atoms with van der Waals surface area (Å²) in [5.41, 5.74) is 7.19. The van der Waals surface area contributed by atoms with Crippen LogP contribution in [0.3, 0.4) is 0 Å². The van der Waals surface area contributed by atoms with E-state index in [4.69, 9.17) is 11.0 Å². The molecule has 2 aliphatic heterocycles. The van der Waals surface area contributed by atoms with Crippen molar-refractivity contribution in [2.24, 2.45) is 0 Å². The maximum absolute atomic E-state index is 8.87. The molecule has 19 heavy (non-hydrogen) atoms. The van der Waals surface area contributed by atoms with E-state index in [1.54, 1.807) is 12.3 Å². The van der Waals surface area contributed by atoms with Crippen molar-refractivity contribution in [1.82, 2.24) is 9.88 Å². The van der Waals surface area contributed by atoms with Gasteiger partial charge in [0.25, 0.3) is 0 Å². The molecule has 2 atom stereocenters. The summed E-state index contributed by atoms with van der Waals surface area (Å²) in [5.74, 6) is 0.832. The molecule has 0 radical (unpaired) electrons. The van der Waals surface area contributed by atoms with E-state index >= 15 is 0 Å². The Morgan fingerprint density at radius 2 is 2.32 bits per heavy atom. The Morgan fingerprint density at radius 3 is 3.05 bits per heavy atom. The van der Waals surface area contributed by atoms with Crippen LogP contribution in [-0.4, -0.2) is 41.6 Å². The van der Waals surface area contributed by atoms with Crippen LogP contribution >= 0.6 is 0 Å². The van der Waals surface area contributed by atoms with Crippen LogP contribution in [0.4, 0.5) is 11.5 Å². The summed E-state index contributed by atoms with van der Waals surface area (Å²) in [6.45, 7) is 5.50. The smallest absolute Gasteiger partial charge is 0.152 e. The molecule has 1 aromatic heterocycles. The average molecular weight is 257 g/mol. The number of nitriles is 1. The Kier molecular flexibility index (Phi) is 3.03. The molecule has 5 heteroatoms. The van der Waals surface area contributed by atoms with Crippen LogP contribution in [0.5, 0.6) is 0 Å². The Hall–Kier alpha value is -1.80. The number of nitrogens with zero attached hydrogens (tertiary/aromatic N) is 4. The second-order valence-corrected chi connectivity index (χ2v) is 5.54. The lowest BCUT2D eigenvalue weighted by atomic mass is 10.1. The SMILES string of the molecule is CC1CN2CCCC2CN1c1ncc(C#N)cc1N. The monoisotopic (exact) mass is 257 g/mol. The van der Waals surface area contributed by atoms with E-state index in [0.29, 0.717) is 23.3 Å². The molecule has 2 saturated heterocycles. The minimum Gasteiger partial charge on any atom is -0.396 e. The highest BCUT2D eigenvalue weighted by molar-refractivity contribution is 5.65. The number of nitrogen functional groups attached to an aromatic ring is 1. The number of nitrogens with two attached hydrogens (primary N) is 1. The van der Waals surface area contributed by atoms with Crippen molar-refractivity contribution < 1.29 is 0 Å². The van der Waals surface area contributed by atoms with Gasteiger partial charge in [0.05, 0.1) is 11.3 Å². The standard InChI is InChI=1S/C14H19N5/c1-10-8-18-4-2-3-12(18)9-19(10)14-13(16)5-11(6-15)7-17-14/h5,7,10,12H,2-4,8-9,16H2,1H3. The summed E-state index contributed by atoms with van der Waals surface area (Å²) in [4.78, 5) is 9.26. The zero-order valence-corrected chi connectivity index (χ0v) is 11.2. The zero-order chi connectivity index (χ0) is 13.4. The van der Waals surface area contributed by atoms with Crippen LogP contribution in [-0.2, 0) is 0 Å². The molecule has 0 amide bonds. The maximum Gasteiger partial charge on any atom is 0.152 e. The highest BCUT2D eigenvalue weighted by Gasteiger charge is 2.35. The lowest BCUT2D eigenvalue weighted by Crippen LogP contribution is -2.55. The van der Waals surface area contributed by atoms with Gasteiger partial charge in [0.1, 0.15) is 6.07 Å². The predicted octanol–water partition coefficient (Wildman–Crippen LogP) is 1.21. The van der Waals surface area contributed by atoms with Crippen molar-refractivity contribution in [3.8, 4) is 6.07 Å². The fourth-order valence-electron chi connectivity index (χ4n) is 3.26. The molecule has 0 aliphatic carbocycles. The van der Waals surface area contributed by atoms with Crippen LogP contribution in [0.1, 0.15) is 25.3 Å². The third-order valence-electron chi connectivity index (χ3n) is 4.23. The third-order valence-corrected chi connectivity index (χ3v) is 4.23. The Bertz CT molecular complexity index is 521. The van der Waals surface area contributed by atoms with E-state index in [-0.39, 0.29) is 0 Å². The lowest BCUT2D eigenvalue weighted by molar-refractivity contribution is 0.202. The molecule has 0 aromatic carbocycles. The second kappa shape index (κ2) is 4.71. The van der Waals surface area contributed by atoms with Gasteiger partial charge in [-0.3, -0.25) is 4.90 Å². The number of hydrogen-bond donors (Lipinski definition) is 1. The van der Waals surface area contributed by atoms with Crippen molar-refractivity contribution in [3.05, 3.63) is 17.8 Å². The van der Waals surface area contributed by atoms with Gasteiger partial charge in [0, 0.05) is 31.4 Å². The number of rotatable bonds is 1. The van der Waals surface area contributed by atoms with Crippen LogP contribution in [0.2, 0.25) is 0 Å². The minimum atomic E-state index is 0.414. The van der Waals surface area contributed by atoms with E-state index in [1.165, 1.54) is 19.4 Å². The molecule has 2 unspecified atom stereocenters. The van der Waals surface area contributed by atoms with Crippen molar-refractivity contribution in [1.29, 1.82) is 5.26 Å². The molecule has 0 bridgehead atoms. The molecule has 1 aromatic rings. The largest absolute Gasteiger partial charge is 0.396 e. The molecule has 2 N–H and O–H groups in total. The first-order chi connectivity index (χ1) is 9.19. The predicted molar refractivity (Wildman–Crippen MR) is 74.8 cm³/mol. The Morgan fingerprint density at radius 1 is 1.47 bits per heavy atom. The van der Waals surface area contributed by atoms with E-state index in [2.05, 4.69) is 27.8 Å². The van der Waals surface area contributed by atoms with Gasteiger partial charge in [-0.2, -0.15) is 5.26 Å². The Balaban J connectivity index is 1.87. The van der Waals surface area contributed by atoms with E-state index in [0.717, 1.165) is 18.9 Å². The molecular formula is C14H19N5. The zero-order valence-electron chi connectivity index (χ0n) is 11.2. The molecule has 0 saturated carbocycles. The van der Waals surface area contributed by atoms with E-state index < -0.39 is 0 Å². The first kappa shape index (κ1) is 12.2. The highest BCUT2D eigenvalue weighted by atomic mass is 15.3. The van der Waals surface area contributed by atoms with Gasteiger partial charge in [-0.25, -0.2) is 4.98 Å². The van der Waals surface area contributed by atoms with Gasteiger partial charge >= 0.3 is 0 Å². The van der Waals surface area contributed by atoms with E-state index in [9.17, 15) is 0 Å². The fraction of sp³-hybridized carbons (Fsp3) is 0.571. The lowest BCUT2D eigenvalue weighted by Gasteiger charge is -2.43. The number of fused-ring (bicyclic) bond motifs is 1. The summed E-state index contributed by atoms with van der Waals surface area (Å²) < 4.78 is 0. The van der Waals surface area contributed by atoms with Crippen LogP contribution in [0, 0.1) is 11.3 Å². The maximum atomic E-state index is 8.87. The van der Waals surface area contributed by atoms with Crippen LogP contribution < -0.4 is 10.6 Å². The van der Waals surface area contributed by atoms with Crippen molar-refractivity contribution in [2.75, 3.05) is 30.3 Å². The topological polar surface area (TPSA) is 69.2 Å². The summed E-state index contributed by atoms with van der Waals surface area (Å²) in [5, 5.41) is 8.87. The number of anilines is 2. The number of piperazine rings is 1. The summed E-state index contributed by atoms with van der Waals surface area (Å²) in [7, 11) is 0. The third kappa shape index (κ3) is 2.13. The summed E-state index contributed by atoms with van der Waals surface area (Å²) in [6.07, 6.45) is 4.17. The van der Waals surface area contributed by atoms with Crippen LogP contribution in [0.15, 0.2) is 12.3 Å². The van der Waals surface area contributed by atoms with Gasteiger partial charge < -0.3 is 10.6 Å². The Labute approximate surface area is 113 Å². The van der Waals surface area contributed by atoms with Gasteiger partial charge in [0.2, 0.25) is 0 Å². The van der Waals surface area contributed by atoms with Crippen molar-refractivity contribution in [2.45, 2.75) is 31.8 Å². The molecule has 2 aliphatic rings. The molecule has 3 heterocycles. The number of aromatic nitrogens is 1. The molecule has 100 valence electrons. The van der Waals surface area contributed by atoms with Crippen molar-refractivity contribution in [3.63, 3.8) is 0 Å². The molecule has 0 spiro atoms. The van der Waals surface area contributed by atoms with Gasteiger partial charge in [-0.1, -0.05) is 0 Å². The normalized spacial score (nSPS) is 27.1. The molecule has 3 rings (SSSR count). The van der Waals surface area contributed by atoms with Crippen molar-refractivity contribution >= 4 is 11.5 Å². The first-order valence-electron chi connectivity index (χ1n) is 6.85. The van der Waals surface area contributed by atoms with E-state index in [1.807, 2.05) is 0 Å².